The molecule has 0 atom stereocenters. The van der Waals surface area contributed by atoms with E-state index in [1.165, 1.54) is 0 Å². The first kappa shape index (κ1) is 10.7. The molecular weight excluding hydrogens is 299 g/mol. The predicted molar refractivity (Wildman–Crippen MR) is 49.3 cm³/mol. The topological polar surface area (TPSA) is 0 Å². The molecule has 0 spiro atoms. The molecule has 0 heterocycles. The third-order valence-electron chi connectivity index (χ3n) is 1.49. The highest BCUT2D eigenvalue weighted by Gasteiger charge is 2.26. The third kappa shape index (κ3) is 2.82. The van der Waals surface area contributed by atoms with E-state index in [0.717, 1.165) is 46.9 Å². The first-order valence-corrected chi connectivity index (χ1v) is 4.44. The van der Waals surface area contributed by atoms with Gasteiger partial charge in [0, 0.05) is 33.7 Å². The summed E-state index contributed by atoms with van der Waals surface area (Å²) in [5, 5.41) is 0. The van der Waals surface area contributed by atoms with Crippen LogP contribution in [0.5, 0.6) is 0 Å². The molecule has 0 N–H and O–H groups in total. The first-order valence-electron chi connectivity index (χ1n) is 3.36. The van der Waals surface area contributed by atoms with Crippen molar-refractivity contribution in [3.63, 3.8) is 0 Å². The molecule has 0 nitrogen and oxygen atoms in total. The number of rotatable bonds is 2. The second-order valence-corrected chi connectivity index (χ2v) is 3.78. The molecule has 0 aliphatic heterocycles. The van der Waals surface area contributed by atoms with Gasteiger partial charge >= 0.3 is 3.93 Å². The largest absolute Gasteiger partial charge is 0.321 e. The lowest BCUT2D eigenvalue weighted by molar-refractivity contribution is 0.127. The van der Waals surface area contributed by atoms with Gasteiger partial charge in [0.2, 0.25) is 0 Å². The average Bonchev–Trinajstić information content (AvgIpc) is 2.03. The molecule has 0 aliphatic carbocycles. The summed E-state index contributed by atoms with van der Waals surface area (Å²) in [6, 6.07) is 4.03. The van der Waals surface area contributed by atoms with Crippen LogP contribution >= 0.6 is 22.6 Å². The summed E-state index contributed by atoms with van der Waals surface area (Å²) in [5.74, 6) is 0. The van der Waals surface area contributed by atoms with Crippen LogP contribution < -0.4 is 0 Å². The molecule has 0 radical (unpaired) electrons. The van der Waals surface area contributed by atoms with E-state index in [9.17, 15) is 17.6 Å². The van der Waals surface area contributed by atoms with E-state index in [-0.39, 0.29) is 11.1 Å². The summed E-state index contributed by atoms with van der Waals surface area (Å²) in [6.07, 6.45) is -2.61. The van der Waals surface area contributed by atoms with Gasteiger partial charge in [-0.3, -0.25) is 0 Å². The highest BCUT2D eigenvalue weighted by molar-refractivity contribution is 14.1. The van der Waals surface area contributed by atoms with Crippen LogP contribution in [0.1, 0.15) is 17.6 Å². The molecule has 0 saturated heterocycles. The molecule has 0 fully saturated rings. The van der Waals surface area contributed by atoms with Gasteiger partial charge in [0.05, 0.1) is 0 Å². The minimum atomic E-state index is -3.00. The minimum Gasteiger partial charge on any atom is -0.205 e. The van der Waals surface area contributed by atoms with Crippen molar-refractivity contribution < 1.29 is 17.6 Å². The van der Waals surface area contributed by atoms with E-state index in [4.69, 9.17) is 0 Å². The van der Waals surface area contributed by atoms with Crippen LogP contribution in [-0.2, 0) is 3.93 Å². The van der Waals surface area contributed by atoms with E-state index in [2.05, 4.69) is 0 Å². The molecule has 0 unspecified atom stereocenters. The molecule has 13 heavy (non-hydrogen) atoms. The number of benzene rings is 1. The molecular formula is C8H5F4I. The quantitative estimate of drug-likeness (QED) is 0.438. The van der Waals surface area contributed by atoms with Gasteiger partial charge < -0.3 is 0 Å². The Balaban J connectivity index is 2.94. The Morgan fingerprint density at radius 3 is 1.85 bits per heavy atom. The summed E-state index contributed by atoms with van der Waals surface area (Å²) in [5.41, 5.74) is -0.512. The molecule has 0 aromatic heterocycles. The zero-order valence-electron chi connectivity index (χ0n) is 6.28. The molecule has 1 rings (SSSR count). The number of hydrogen-bond donors (Lipinski definition) is 0. The second kappa shape index (κ2) is 3.81. The SMILES string of the molecule is FC(F)c1ccc(C(F)(F)I)cc1. The first-order chi connectivity index (χ1) is 5.91. The summed E-state index contributed by atoms with van der Waals surface area (Å²) in [6.45, 7) is 0. The van der Waals surface area contributed by atoms with Crippen molar-refractivity contribution in [1.29, 1.82) is 0 Å². The molecule has 1 aromatic rings. The van der Waals surface area contributed by atoms with Crippen LogP contribution in [0.15, 0.2) is 24.3 Å². The van der Waals surface area contributed by atoms with Crippen molar-refractivity contribution >= 4 is 22.6 Å². The van der Waals surface area contributed by atoms with E-state index >= 15 is 0 Å². The Kier molecular flexibility index (Phi) is 3.15. The van der Waals surface area contributed by atoms with Crippen molar-refractivity contribution in [1.82, 2.24) is 0 Å². The monoisotopic (exact) mass is 304 g/mol. The highest BCUT2D eigenvalue weighted by atomic mass is 127. The van der Waals surface area contributed by atoms with Crippen LogP contribution in [-0.4, -0.2) is 0 Å². The average molecular weight is 304 g/mol. The maximum absolute atomic E-state index is 12.6. The lowest BCUT2D eigenvalue weighted by Gasteiger charge is -2.08. The minimum absolute atomic E-state index is 0.246. The van der Waals surface area contributed by atoms with Gasteiger partial charge in [0.25, 0.3) is 6.43 Å². The van der Waals surface area contributed by atoms with Crippen molar-refractivity contribution in [2.45, 2.75) is 10.4 Å². The Morgan fingerprint density at radius 2 is 1.54 bits per heavy atom. The van der Waals surface area contributed by atoms with E-state index < -0.39 is 10.4 Å². The fourth-order valence-electron chi connectivity index (χ4n) is 0.818. The number of alkyl halides is 5. The van der Waals surface area contributed by atoms with Crippen LogP contribution in [0.2, 0.25) is 0 Å². The van der Waals surface area contributed by atoms with Gasteiger partial charge in [-0.15, -0.1) is 0 Å². The van der Waals surface area contributed by atoms with Crippen LogP contribution in [0, 0.1) is 0 Å². The number of halogens is 5. The highest BCUT2D eigenvalue weighted by Crippen LogP contribution is 2.35. The maximum Gasteiger partial charge on any atom is 0.321 e. The summed E-state index contributed by atoms with van der Waals surface area (Å²) >= 11 is 0.951. The fraction of sp³-hybridized carbons (Fsp3) is 0.250. The van der Waals surface area contributed by atoms with Gasteiger partial charge in [0.15, 0.2) is 0 Å². The van der Waals surface area contributed by atoms with E-state index in [1.807, 2.05) is 0 Å². The molecule has 0 aliphatic rings. The van der Waals surface area contributed by atoms with E-state index in [0.29, 0.717) is 0 Å². The van der Waals surface area contributed by atoms with Gasteiger partial charge in [-0.1, -0.05) is 24.3 Å². The zero-order valence-corrected chi connectivity index (χ0v) is 8.43. The lowest BCUT2D eigenvalue weighted by atomic mass is 10.1. The van der Waals surface area contributed by atoms with Crippen LogP contribution in [0.4, 0.5) is 17.6 Å². The smallest absolute Gasteiger partial charge is 0.205 e. The predicted octanol–water partition coefficient (Wildman–Crippen LogP) is 4.11. The van der Waals surface area contributed by atoms with Gasteiger partial charge in [0.1, 0.15) is 0 Å². The maximum atomic E-state index is 12.6. The Labute approximate surface area is 86.1 Å². The Morgan fingerprint density at radius 1 is 1.08 bits per heavy atom. The van der Waals surface area contributed by atoms with Crippen molar-refractivity contribution in [3.05, 3.63) is 35.4 Å². The van der Waals surface area contributed by atoms with Crippen molar-refractivity contribution in [2.75, 3.05) is 0 Å². The van der Waals surface area contributed by atoms with Gasteiger partial charge in [-0.2, -0.15) is 8.78 Å². The van der Waals surface area contributed by atoms with Crippen molar-refractivity contribution in [2.24, 2.45) is 0 Å². The normalized spacial score (nSPS) is 12.2. The number of hydrogen-bond acceptors (Lipinski definition) is 0. The summed E-state index contributed by atoms with van der Waals surface area (Å²) in [4.78, 5) is 0. The lowest BCUT2D eigenvalue weighted by Crippen LogP contribution is -2.01. The van der Waals surface area contributed by atoms with Gasteiger partial charge in [-0.25, -0.2) is 8.78 Å². The summed E-state index contributed by atoms with van der Waals surface area (Å²) < 4.78 is 46.2. The molecule has 0 bridgehead atoms. The van der Waals surface area contributed by atoms with Gasteiger partial charge in [-0.05, 0) is 0 Å². The Bertz CT molecular complexity index is 275. The standard InChI is InChI=1S/C8H5F4I/c9-7(10)5-1-3-6(4-2-5)8(11,12)13/h1-4,7H. The molecule has 0 amide bonds. The Hall–Kier alpha value is -0.330. The van der Waals surface area contributed by atoms with Crippen LogP contribution in [0.25, 0.3) is 0 Å². The third-order valence-corrected chi connectivity index (χ3v) is 2.11. The molecule has 5 heteroatoms. The van der Waals surface area contributed by atoms with E-state index in [1.54, 1.807) is 0 Å². The molecule has 72 valence electrons. The fourth-order valence-corrected chi connectivity index (χ4v) is 1.18. The zero-order chi connectivity index (χ0) is 10.1. The van der Waals surface area contributed by atoms with Crippen molar-refractivity contribution in [3.8, 4) is 0 Å². The molecule has 1 aromatic carbocycles. The second-order valence-electron chi connectivity index (χ2n) is 2.42. The molecule has 0 saturated carbocycles. The van der Waals surface area contributed by atoms with Crippen LogP contribution in [0.3, 0.4) is 0 Å². The summed E-state index contributed by atoms with van der Waals surface area (Å²) in [7, 11) is 0.